The summed E-state index contributed by atoms with van der Waals surface area (Å²) in [6.07, 6.45) is 1.64. The predicted octanol–water partition coefficient (Wildman–Crippen LogP) is 3.47. The number of fused-ring (bicyclic) bond motifs is 1. The molecule has 0 saturated carbocycles. The van der Waals surface area contributed by atoms with Crippen LogP contribution in [0.5, 0.6) is 5.75 Å². The molecule has 2 heterocycles. The lowest BCUT2D eigenvalue weighted by atomic mass is 10.3. The number of para-hydroxylation sites is 1. The van der Waals surface area contributed by atoms with Gasteiger partial charge in [0.25, 0.3) is 0 Å². The van der Waals surface area contributed by atoms with E-state index >= 15 is 0 Å². The Balaban J connectivity index is 1.86. The Morgan fingerprint density at radius 2 is 2.25 bits per heavy atom. The maximum absolute atomic E-state index is 5.67. The summed E-state index contributed by atoms with van der Waals surface area (Å²) < 4.78 is 12.0. The van der Waals surface area contributed by atoms with Gasteiger partial charge in [-0.3, -0.25) is 0 Å². The van der Waals surface area contributed by atoms with Crippen molar-refractivity contribution in [2.45, 2.75) is 6.61 Å². The van der Waals surface area contributed by atoms with E-state index in [1.54, 1.807) is 17.6 Å². The average Bonchev–Trinajstić information content (AvgIpc) is 2.97. The number of aromatic nitrogens is 1. The zero-order chi connectivity index (χ0) is 10.8. The van der Waals surface area contributed by atoms with Gasteiger partial charge < -0.3 is 9.15 Å². The second kappa shape index (κ2) is 3.98. The minimum absolute atomic E-state index is 0.434. The molecule has 0 unspecified atom stereocenters. The summed E-state index contributed by atoms with van der Waals surface area (Å²) in [5.74, 6) is 1.61. The summed E-state index contributed by atoms with van der Waals surface area (Å²) in [7, 11) is 0. The SMILES string of the molecule is c1coc(COc2cccc3scnc23)c1. The number of benzene rings is 1. The van der Waals surface area contributed by atoms with Crippen LogP contribution in [-0.4, -0.2) is 4.98 Å². The molecule has 80 valence electrons. The maximum Gasteiger partial charge on any atom is 0.147 e. The second-order valence-electron chi connectivity index (χ2n) is 3.32. The Hall–Kier alpha value is -1.81. The lowest BCUT2D eigenvalue weighted by Crippen LogP contribution is -1.94. The number of rotatable bonds is 3. The molecule has 0 aliphatic heterocycles. The molecule has 0 N–H and O–H groups in total. The molecule has 0 bridgehead atoms. The Morgan fingerprint density at radius 3 is 3.12 bits per heavy atom. The Bertz CT molecular complexity index is 586. The third-order valence-corrected chi connectivity index (χ3v) is 3.07. The van der Waals surface area contributed by atoms with Crippen molar-refractivity contribution in [2.75, 3.05) is 0 Å². The molecule has 0 atom stereocenters. The first-order valence-electron chi connectivity index (χ1n) is 4.91. The first-order chi connectivity index (χ1) is 7.93. The summed E-state index contributed by atoms with van der Waals surface area (Å²) >= 11 is 1.61. The van der Waals surface area contributed by atoms with E-state index in [9.17, 15) is 0 Å². The molecule has 3 nitrogen and oxygen atoms in total. The molecule has 0 radical (unpaired) electrons. The number of furan rings is 1. The Morgan fingerprint density at radius 1 is 1.25 bits per heavy atom. The Kier molecular flexibility index (Phi) is 2.34. The summed E-state index contributed by atoms with van der Waals surface area (Å²) in [5, 5.41) is 0. The van der Waals surface area contributed by atoms with Gasteiger partial charge in [0.1, 0.15) is 23.6 Å². The van der Waals surface area contributed by atoms with Crippen molar-refractivity contribution in [3.8, 4) is 5.75 Å². The van der Waals surface area contributed by atoms with Crippen LogP contribution in [0.2, 0.25) is 0 Å². The fourth-order valence-electron chi connectivity index (χ4n) is 1.52. The van der Waals surface area contributed by atoms with Crippen LogP contribution >= 0.6 is 11.3 Å². The zero-order valence-electron chi connectivity index (χ0n) is 8.42. The van der Waals surface area contributed by atoms with Crippen molar-refractivity contribution in [3.05, 3.63) is 47.9 Å². The van der Waals surface area contributed by atoms with E-state index in [2.05, 4.69) is 4.98 Å². The molecule has 4 heteroatoms. The highest BCUT2D eigenvalue weighted by Crippen LogP contribution is 2.27. The number of hydrogen-bond acceptors (Lipinski definition) is 4. The molecule has 0 amide bonds. The van der Waals surface area contributed by atoms with Gasteiger partial charge in [0.05, 0.1) is 16.5 Å². The van der Waals surface area contributed by atoms with Gasteiger partial charge in [0.15, 0.2) is 0 Å². The van der Waals surface area contributed by atoms with Crippen LogP contribution in [0.25, 0.3) is 10.2 Å². The highest BCUT2D eigenvalue weighted by Gasteiger charge is 2.05. The summed E-state index contributed by atoms with van der Waals surface area (Å²) in [4.78, 5) is 4.28. The van der Waals surface area contributed by atoms with E-state index in [0.29, 0.717) is 6.61 Å². The van der Waals surface area contributed by atoms with E-state index in [-0.39, 0.29) is 0 Å². The standard InChI is InChI=1S/C12H9NO2S/c1-4-10(12-11(5-1)16-8-13-12)15-7-9-3-2-6-14-9/h1-6,8H,7H2. The van der Waals surface area contributed by atoms with Crippen molar-refractivity contribution >= 4 is 21.6 Å². The molecule has 3 aromatic rings. The molecule has 0 aliphatic rings. The third-order valence-electron chi connectivity index (χ3n) is 2.27. The molecule has 3 rings (SSSR count). The van der Waals surface area contributed by atoms with Crippen LogP contribution in [0.3, 0.4) is 0 Å². The van der Waals surface area contributed by atoms with Crippen LogP contribution in [0, 0.1) is 0 Å². The number of ether oxygens (including phenoxy) is 1. The van der Waals surface area contributed by atoms with Crippen LogP contribution in [0.4, 0.5) is 0 Å². The third kappa shape index (κ3) is 1.67. The molecule has 0 aliphatic carbocycles. The van der Waals surface area contributed by atoms with Crippen LogP contribution < -0.4 is 4.74 Å². The monoisotopic (exact) mass is 231 g/mol. The van der Waals surface area contributed by atoms with E-state index < -0.39 is 0 Å². The fourth-order valence-corrected chi connectivity index (χ4v) is 2.21. The normalized spacial score (nSPS) is 10.8. The highest BCUT2D eigenvalue weighted by atomic mass is 32.1. The van der Waals surface area contributed by atoms with Crippen LogP contribution in [0.15, 0.2) is 46.5 Å². The molecule has 0 spiro atoms. The van der Waals surface area contributed by atoms with E-state index in [1.807, 2.05) is 35.8 Å². The van der Waals surface area contributed by atoms with Crippen molar-refractivity contribution < 1.29 is 9.15 Å². The summed E-state index contributed by atoms with van der Waals surface area (Å²) in [5.41, 5.74) is 2.74. The molecule has 0 saturated heterocycles. The number of nitrogens with zero attached hydrogens (tertiary/aromatic N) is 1. The molecule has 16 heavy (non-hydrogen) atoms. The molecular formula is C12H9NO2S. The van der Waals surface area contributed by atoms with Gasteiger partial charge in [0.2, 0.25) is 0 Å². The topological polar surface area (TPSA) is 35.3 Å². The first kappa shape index (κ1) is 9.42. The van der Waals surface area contributed by atoms with Crippen molar-refractivity contribution in [1.82, 2.24) is 4.98 Å². The van der Waals surface area contributed by atoms with E-state index in [1.165, 1.54) is 0 Å². The molecular weight excluding hydrogens is 222 g/mol. The minimum Gasteiger partial charge on any atom is -0.483 e. The van der Waals surface area contributed by atoms with Gasteiger partial charge in [-0.25, -0.2) is 4.98 Å². The van der Waals surface area contributed by atoms with Crippen molar-refractivity contribution in [3.63, 3.8) is 0 Å². The quantitative estimate of drug-likeness (QED) is 0.692. The summed E-state index contributed by atoms with van der Waals surface area (Å²) in [6, 6.07) is 9.67. The predicted molar refractivity (Wildman–Crippen MR) is 62.7 cm³/mol. The molecule has 0 fully saturated rings. The fraction of sp³-hybridized carbons (Fsp3) is 0.0833. The highest BCUT2D eigenvalue weighted by molar-refractivity contribution is 7.16. The Labute approximate surface area is 96.3 Å². The first-order valence-corrected chi connectivity index (χ1v) is 5.79. The van der Waals surface area contributed by atoms with Crippen molar-refractivity contribution in [1.29, 1.82) is 0 Å². The second-order valence-corrected chi connectivity index (χ2v) is 4.21. The van der Waals surface area contributed by atoms with Gasteiger partial charge in [-0.2, -0.15) is 0 Å². The lowest BCUT2D eigenvalue weighted by molar-refractivity contribution is 0.273. The minimum atomic E-state index is 0.434. The summed E-state index contributed by atoms with van der Waals surface area (Å²) in [6.45, 7) is 0.434. The van der Waals surface area contributed by atoms with Crippen molar-refractivity contribution in [2.24, 2.45) is 0 Å². The lowest BCUT2D eigenvalue weighted by Gasteiger charge is -2.04. The van der Waals surface area contributed by atoms with E-state index in [4.69, 9.17) is 9.15 Å². The van der Waals surface area contributed by atoms with Gasteiger partial charge in [-0.15, -0.1) is 11.3 Å². The number of hydrogen-bond donors (Lipinski definition) is 0. The van der Waals surface area contributed by atoms with Gasteiger partial charge >= 0.3 is 0 Å². The van der Waals surface area contributed by atoms with E-state index in [0.717, 1.165) is 21.7 Å². The van der Waals surface area contributed by atoms with Gasteiger partial charge in [-0.05, 0) is 24.3 Å². The van der Waals surface area contributed by atoms with Gasteiger partial charge in [-0.1, -0.05) is 6.07 Å². The average molecular weight is 231 g/mol. The largest absolute Gasteiger partial charge is 0.483 e. The number of thiazole rings is 1. The van der Waals surface area contributed by atoms with Crippen LogP contribution in [-0.2, 0) is 6.61 Å². The van der Waals surface area contributed by atoms with Crippen LogP contribution in [0.1, 0.15) is 5.76 Å². The zero-order valence-corrected chi connectivity index (χ0v) is 9.24. The maximum atomic E-state index is 5.67. The molecule has 2 aromatic heterocycles. The smallest absolute Gasteiger partial charge is 0.147 e. The van der Waals surface area contributed by atoms with Gasteiger partial charge in [0, 0.05) is 0 Å². The molecule has 1 aromatic carbocycles.